The molecule has 3 amide bonds. The van der Waals surface area contributed by atoms with Crippen molar-refractivity contribution in [1.29, 1.82) is 0 Å². The monoisotopic (exact) mass is 473 g/mol. The highest BCUT2D eigenvalue weighted by Crippen LogP contribution is 2.27. The van der Waals surface area contributed by atoms with Gasteiger partial charge in [0.1, 0.15) is 11.5 Å². The molecular formula is C27H27N3O5. The van der Waals surface area contributed by atoms with Crippen LogP contribution in [0, 0.1) is 5.92 Å². The lowest BCUT2D eigenvalue weighted by Crippen LogP contribution is -2.32. The average Bonchev–Trinajstić information content (AvgIpc) is 3.29. The van der Waals surface area contributed by atoms with Crippen LogP contribution in [0.1, 0.15) is 12.0 Å². The fourth-order valence-electron chi connectivity index (χ4n) is 3.80. The van der Waals surface area contributed by atoms with Crippen LogP contribution in [0.3, 0.4) is 0 Å². The van der Waals surface area contributed by atoms with E-state index >= 15 is 0 Å². The number of benzene rings is 3. The molecule has 2 N–H and O–H groups in total. The number of hydrogen-bond acceptors (Lipinski definition) is 5. The molecule has 8 heteroatoms. The molecule has 1 heterocycles. The number of methoxy groups -OCH3 is 1. The molecule has 1 saturated heterocycles. The fraction of sp³-hybridized carbons (Fsp3) is 0.222. The number of carbonyl (C=O) groups is 3. The molecule has 1 aliphatic heterocycles. The van der Waals surface area contributed by atoms with Crippen LogP contribution in [0.4, 0.5) is 11.4 Å². The molecule has 0 radical (unpaired) electrons. The zero-order valence-corrected chi connectivity index (χ0v) is 19.4. The minimum Gasteiger partial charge on any atom is -0.497 e. The zero-order chi connectivity index (χ0) is 24.6. The van der Waals surface area contributed by atoms with Gasteiger partial charge in [0.05, 0.1) is 13.0 Å². The first kappa shape index (κ1) is 23.8. The summed E-state index contributed by atoms with van der Waals surface area (Å²) in [6.45, 7) is 0.601. The summed E-state index contributed by atoms with van der Waals surface area (Å²) in [5.41, 5.74) is 2.34. The SMILES string of the molecule is COc1ccc(NC(=O)COc2ccc(N3C[C@H](C(=O)NCc4ccccc4)CC3=O)cc2)cc1. The summed E-state index contributed by atoms with van der Waals surface area (Å²) in [7, 11) is 1.58. The first-order valence-corrected chi connectivity index (χ1v) is 11.3. The first-order valence-electron chi connectivity index (χ1n) is 11.3. The number of ether oxygens (including phenoxy) is 2. The van der Waals surface area contributed by atoms with Gasteiger partial charge in [0.2, 0.25) is 11.8 Å². The van der Waals surface area contributed by atoms with E-state index in [1.54, 1.807) is 60.5 Å². The van der Waals surface area contributed by atoms with E-state index in [4.69, 9.17) is 9.47 Å². The number of amides is 3. The van der Waals surface area contributed by atoms with E-state index in [0.717, 1.165) is 5.56 Å². The maximum atomic E-state index is 12.6. The standard InChI is InChI=1S/C27H27N3O5/c1-34-23-11-7-21(8-12-23)29-25(31)18-35-24-13-9-22(10-14-24)30-17-20(15-26(30)32)27(33)28-16-19-5-3-2-4-6-19/h2-14,20H,15-18H2,1H3,(H,28,33)(H,29,31)/t20-/m1/s1. The molecule has 0 aromatic heterocycles. The quantitative estimate of drug-likeness (QED) is 0.497. The van der Waals surface area contributed by atoms with Gasteiger partial charge < -0.3 is 25.0 Å². The molecular weight excluding hydrogens is 446 g/mol. The van der Waals surface area contributed by atoms with Crippen molar-refractivity contribution in [3.63, 3.8) is 0 Å². The third kappa shape index (κ3) is 6.38. The van der Waals surface area contributed by atoms with Crippen LogP contribution >= 0.6 is 0 Å². The molecule has 0 spiro atoms. The number of hydrogen-bond donors (Lipinski definition) is 2. The Hall–Kier alpha value is -4.33. The van der Waals surface area contributed by atoms with E-state index in [0.29, 0.717) is 36.0 Å². The van der Waals surface area contributed by atoms with Crippen LogP contribution in [-0.2, 0) is 20.9 Å². The Morgan fingerprint density at radius 3 is 2.31 bits per heavy atom. The average molecular weight is 474 g/mol. The van der Waals surface area contributed by atoms with Crippen LogP contribution in [-0.4, -0.2) is 38.0 Å². The Balaban J connectivity index is 1.25. The summed E-state index contributed by atoms with van der Waals surface area (Å²) in [4.78, 5) is 38.8. The molecule has 180 valence electrons. The van der Waals surface area contributed by atoms with E-state index in [-0.39, 0.29) is 30.7 Å². The molecule has 0 saturated carbocycles. The molecule has 3 aromatic rings. The molecule has 1 atom stereocenters. The van der Waals surface area contributed by atoms with Crippen LogP contribution in [0.15, 0.2) is 78.9 Å². The molecule has 0 unspecified atom stereocenters. The minimum absolute atomic E-state index is 0.0996. The third-order valence-corrected chi connectivity index (χ3v) is 5.70. The Bertz CT molecular complexity index is 1160. The van der Waals surface area contributed by atoms with Crippen molar-refractivity contribution >= 4 is 29.1 Å². The van der Waals surface area contributed by atoms with Crippen LogP contribution in [0.25, 0.3) is 0 Å². The van der Waals surface area contributed by atoms with Gasteiger partial charge in [0.25, 0.3) is 5.91 Å². The topological polar surface area (TPSA) is 97.0 Å². The second-order valence-corrected chi connectivity index (χ2v) is 8.17. The highest BCUT2D eigenvalue weighted by atomic mass is 16.5. The van der Waals surface area contributed by atoms with Crippen molar-refractivity contribution in [3.05, 3.63) is 84.4 Å². The van der Waals surface area contributed by atoms with E-state index in [1.807, 2.05) is 30.3 Å². The number of anilines is 2. The smallest absolute Gasteiger partial charge is 0.262 e. The maximum Gasteiger partial charge on any atom is 0.262 e. The lowest BCUT2D eigenvalue weighted by Gasteiger charge is -2.17. The van der Waals surface area contributed by atoms with Crippen molar-refractivity contribution in [3.8, 4) is 11.5 Å². The fourth-order valence-corrected chi connectivity index (χ4v) is 3.80. The summed E-state index contributed by atoms with van der Waals surface area (Å²) < 4.78 is 10.7. The second-order valence-electron chi connectivity index (χ2n) is 8.17. The number of nitrogens with zero attached hydrogens (tertiary/aromatic N) is 1. The summed E-state index contributed by atoms with van der Waals surface area (Å²) >= 11 is 0. The van der Waals surface area contributed by atoms with Gasteiger partial charge in [-0.25, -0.2) is 0 Å². The molecule has 1 fully saturated rings. The van der Waals surface area contributed by atoms with Crippen LogP contribution in [0.2, 0.25) is 0 Å². The van der Waals surface area contributed by atoms with Gasteiger partial charge in [-0.1, -0.05) is 30.3 Å². The Labute approximate surface area is 203 Å². The zero-order valence-electron chi connectivity index (χ0n) is 19.4. The van der Waals surface area contributed by atoms with Gasteiger partial charge in [0, 0.05) is 30.9 Å². The Morgan fingerprint density at radius 1 is 0.943 bits per heavy atom. The first-order chi connectivity index (χ1) is 17.0. The molecule has 0 aliphatic carbocycles. The van der Waals surface area contributed by atoms with Gasteiger partial charge in [-0.05, 0) is 54.1 Å². The Morgan fingerprint density at radius 2 is 1.63 bits per heavy atom. The third-order valence-electron chi connectivity index (χ3n) is 5.70. The van der Waals surface area contributed by atoms with E-state index in [1.165, 1.54) is 0 Å². The molecule has 3 aromatic carbocycles. The van der Waals surface area contributed by atoms with Crippen molar-refractivity contribution < 1.29 is 23.9 Å². The summed E-state index contributed by atoms with van der Waals surface area (Å²) in [6.07, 6.45) is 0.171. The maximum absolute atomic E-state index is 12.6. The number of carbonyl (C=O) groups excluding carboxylic acids is 3. The summed E-state index contributed by atoms with van der Waals surface area (Å²) in [6, 6.07) is 23.5. The normalized spacial score (nSPS) is 14.9. The summed E-state index contributed by atoms with van der Waals surface area (Å²) in [5.74, 6) is 0.282. The lowest BCUT2D eigenvalue weighted by atomic mass is 10.1. The van der Waals surface area contributed by atoms with Crippen LogP contribution in [0.5, 0.6) is 11.5 Å². The van der Waals surface area contributed by atoms with Crippen molar-refractivity contribution in [1.82, 2.24) is 5.32 Å². The molecule has 8 nitrogen and oxygen atoms in total. The summed E-state index contributed by atoms with van der Waals surface area (Å²) in [5, 5.41) is 5.66. The van der Waals surface area contributed by atoms with E-state index in [9.17, 15) is 14.4 Å². The van der Waals surface area contributed by atoms with Crippen molar-refractivity contribution in [2.24, 2.45) is 5.92 Å². The minimum atomic E-state index is -0.399. The molecule has 35 heavy (non-hydrogen) atoms. The molecule has 0 bridgehead atoms. The van der Waals surface area contributed by atoms with Crippen molar-refractivity contribution in [2.75, 3.05) is 30.5 Å². The highest BCUT2D eigenvalue weighted by Gasteiger charge is 2.35. The van der Waals surface area contributed by atoms with Gasteiger partial charge in [-0.3, -0.25) is 14.4 Å². The van der Waals surface area contributed by atoms with E-state index < -0.39 is 5.92 Å². The van der Waals surface area contributed by atoms with Gasteiger partial charge >= 0.3 is 0 Å². The Kier molecular flexibility index (Phi) is 7.62. The van der Waals surface area contributed by atoms with E-state index in [2.05, 4.69) is 10.6 Å². The van der Waals surface area contributed by atoms with Gasteiger partial charge in [-0.15, -0.1) is 0 Å². The largest absolute Gasteiger partial charge is 0.497 e. The van der Waals surface area contributed by atoms with Gasteiger partial charge in [-0.2, -0.15) is 0 Å². The predicted molar refractivity (Wildman–Crippen MR) is 132 cm³/mol. The van der Waals surface area contributed by atoms with Crippen LogP contribution < -0.4 is 25.0 Å². The lowest BCUT2D eigenvalue weighted by molar-refractivity contribution is -0.126. The van der Waals surface area contributed by atoms with Gasteiger partial charge in [0.15, 0.2) is 6.61 Å². The molecule has 4 rings (SSSR count). The predicted octanol–water partition coefficient (Wildman–Crippen LogP) is 3.38. The highest BCUT2D eigenvalue weighted by molar-refractivity contribution is 6.00. The van der Waals surface area contributed by atoms with Crippen molar-refractivity contribution in [2.45, 2.75) is 13.0 Å². The second kappa shape index (κ2) is 11.2. The number of nitrogens with one attached hydrogen (secondary N) is 2. The molecule has 1 aliphatic rings. The number of rotatable bonds is 9.